The molecule has 0 aliphatic carbocycles. The van der Waals surface area contributed by atoms with Gasteiger partial charge in [-0.05, 0) is 48.4 Å². The second-order valence-corrected chi connectivity index (χ2v) is 7.52. The monoisotopic (exact) mass is 447 g/mol. The Kier molecular flexibility index (Phi) is 6.42. The number of aromatic nitrogens is 2. The minimum atomic E-state index is -0.296. The van der Waals surface area contributed by atoms with Gasteiger partial charge in [-0.15, -0.1) is 0 Å². The third kappa shape index (κ3) is 4.76. The van der Waals surface area contributed by atoms with E-state index < -0.39 is 0 Å². The minimum absolute atomic E-state index is 0.135. The molecule has 1 amide bonds. The number of nitrogens with zero attached hydrogens (tertiary/aromatic N) is 1. The van der Waals surface area contributed by atoms with Gasteiger partial charge >= 0.3 is 0 Å². The van der Waals surface area contributed by atoms with Crippen molar-refractivity contribution in [1.82, 2.24) is 15.3 Å². The molecule has 0 atom stereocenters. The predicted octanol–water partition coefficient (Wildman–Crippen LogP) is 5.18. The number of rotatable bonds is 7. The molecule has 3 aromatic carbocycles. The van der Waals surface area contributed by atoms with Crippen LogP contribution in [0.2, 0.25) is 5.02 Å². The molecule has 0 bridgehead atoms. The first-order valence-corrected chi connectivity index (χ1v) is 10.6. The molecule has 0 fully saturated rings. The van der Waals surface area contributed by atoms with Gasteiger partial charge in [0.2, 0.25) is 0 Å². The summed E-state index contributed by atoms with van der Waals surface area (Å²) in [7, 11) is 0. The zero-order valence-corrected chi connectivity index (χ0v) is 18.2. The lowest BCUT2D eigenvalue weighted by Crippen LogP contribution is -2.24. The number of aromatic hydroxyl groups is 1. The van der Waals surface area contributed by atoms with Crippen molar-refractivity contribution in [2.75, 3.05) is 6.61 Å². The maximum Gasteiger partial charge on any atom is 0.255 e. The Morgan fingerprint density at radius 3 is 2.66 bits per heavy atom. The van der Waals surface area contributed by atoms with E-state index in [1.54, 1.807) is 18.2 Å². The Morgan fingerprint density at radius 1 is 1.16 bits per heavy atom. The SMILES string of the molecule is CCOc1cc(/C=C(\C(=O)NCc2ccccc2)c2nc3ccccc3[nH]2)cc(Cl)c1O. The van der Waals surface area contributed by atoms with Gasteiger partial charge in [0.05, 0.1) is 28.2 Å². The maximum atomic E-state index is 13.2. The third-order valence-corrected chi connectivity index (χ3v) is 5.13. The molecule has 0 aliphatic rings. The number of nitrogens with one attached hydrogen (secondary N) is 2. The number of phenols is 1. The molecule has 4 rings (SSSR count). The van der Waals surface area contributed by atoms with Crippen molar-refractivity contribution in [2.24, 2.45) is 0 Å². The Bertz CT molecular complexity index is 1250. The number of benzene rings is 3. The van der Waals surface area contributed by atoms with Crippen LogP contribution in [0, 0.1) is 0 Å². The van der Waals surface area contributed by atoms with Crippen molar-refractivity contribution in [3.05, 3.63) is 88.7 Å². The molecule has 1 aromatic heterocycles. The first-order chi connectivity index (χ1) is 15.5. The summed E-state index contributed by atoms with van der Waals surface area (Å²) in [6.45, 7) is 2.55. The zero-order valence-electron chi connectivity index (χ0n) is 17.4. The number of ether oxygens (including phenoxy) is 1. The number of carbonyl (C=O) groups is 1. The molecule has 3 N–H and O–H groups in total. The molecular weight excluding hydrogens is 426 g/mol. The first kappa shape index (κ1) is 21.5. The summed E-state index contributed by atoms with van der Waals surface area (Å²) in [5.41, 5.74) is 3.49. The van der Waals surface area contributed by atoms with E-state index in [0.717, 1.165) is 16.6 Å². The van der Waals surface area contributed by atoms with Crippen LogP contribution < -0.4 is 10.1 Å². The summed E-state index contributed by atoms with van der Waals surface area (Å²) in [5.74, 6) is 0.248. The van der Waals surface area contributed by atoms with Gasteiger partial charge in [0.25, 0.3) is 5.91 Å². The molecule has 0 radical (unpaired) electrons. The highest BCUT2D eigenvalue weighted by molar-refractivity contribution is 6.32. The van der Waals surface area contributed by atoms with E-state index in [2.05, 4.69) is 15.3 Å². The molecule has 0 aliphatic heterocycles. The molecule has 4 aromatic rings. The molecule has 1 heterocycles. The Balaban J connectivity index is 1.74. The number of H-pyrrole nitrogens is 1. The van der Waals surface area contributed by atoms with Crippen molar-refractivity contribution in [2.45, 2.75) is 13.5 Å². The van der Waals surface area contributed by atoms with E-state index in [1.165, 1.54) is 0 Å². The second-order valence-electron chi connectivity index (χ2n) is 7.11. The summed E-state index contributed by atoms with van der Waals surface area (Å²) in [5, 5.41) is 13.2. The smallest absolute Gasteiger partial charge is 0.255 e. The number of carbonyl (C=O) groups excluding carboxylic acids is 1. The molecule has 6 nitrogen and oxygen atoms in total. The number of fused-ring (bicyclic) bond motifs is 1. The van der Waals surface area contributed by atoms with Crippen LogP contribution in [0.4, 0.5) is 0 Å². The van der Waals surface area contributed by atoms with Crippen LogP contribution in [0.5, 0.6) is 11.5 Å². The van der Waals surface area contributed by atoms with Crippen molar-refractivity contribution in [3.8, 4) is 11.5 Å². The van der Waals surface area contributed by atoms with Gasteiger partial charge in [-0.25, -0.2) is 4.98 Å². The molecule has 0 spiro atoms. The van der Waals surface area contributed by atoms with Crippen LogP contribution in [-0.4, -0.2) is 27.6 Å². The van der Waals surface area contributed by atoms with Gasteiger partial charge in [0.15, 0.2) is 11.5 Å². The third-order valence-electron chi connectivity index (χ3n) is 4.85. The fraction of sp³-hybridized carbons (Fsp3) is 0.120. The van der Waals surface area contributed by atoms with Gasteiger partial charge < -0.3 is 20.1 Å². The predicted molar refractivity (Wildman–Crippen MR) is 127 cm³/mol. The van der Waals surface area contributed by atoms with Crippen LogP contribution in [0.15, 0.2) is 66.7 Å². The number of aromatic amines is 1. The first-order valence-electron chi connectivity index (χ1n) is 10.2. The Morgan fingerprint density at radius 2 is 1.91 bits per heavy atom. The van der Waals surface area contributed by atoms with Crippen molar-refractivity contribution in [1.29, 1.82) is 0 Å². The summed E-state index contributed by atoms with van der Waals surface area (Å²) in [6, 6.07) is 20.4. The van der Waals surface area contributed by atoms with Crippen molar-refractivity contribution in [3.63, 3.8) is 0 Å². The highest BCUT2D eigenvalue weighted by atomic mass is 35.5. The lowest BCUT2D eigenvalue weighted by atomic mass is 10.1. The number of hydrogen-bond acceptors (Lipinski definition) is 4. The summed E-state index contributed by atoms with van der Waals surface area (Å²) in [4.78, 5) is 21.0. The standard InChI is InChI=1S/C25H22ClN3O3/c1-2-32-22-14-17(13-19(26)23(22)30)12-18(24-28-20-10-6-7-11-21(20)29-24)25(31)27-15-16-8-4-3-5-9-16/h3-14,30H,2,15H2,1H3,(H,27,31)(H,28,29)/b18-12-. The molecule has 0 unspecified atom stereocenters. The van der Waals surface area contributed by atoms with Crippen LogP contribution in [0.3, 0.4) is 0 Å². The van der Waals surface area contributed by atoms with Crippen molar-refractivity contribution < 1.29 is 14.6 Å². The average molecular weight is 448 g/mol. The number of imidazole rings is 1. The normalized spacial score (nSPS) is 11.5. The van der Waals surface area contributed by atoms with Gasteiger partial charge in [-0.1, -0.05) is 54.1 Å². The lowest BCUT2D eigenvalue weighted by Gasteiger charge is -2.10. The van der Waals surface area contributed by atoms with Gasteiger partial charge in [-0.2, -0.15) is 0 Å². The van der Waals surface area contributed by atoms with E-state index in [-0.39, 0.29) is 22.4 Å². The molecule has 7 heteroatoms. The molecule has 0 saturated carbocycles. The maximum absolute atomic E-state index is 13.2. The summed E-state index contributed by atoms with van der Waals surface area (Å²) >= 11 is 6.19. The minimum Gasteiger partial charge on any atom is -0.503 e. The van der Waals surface area contributed by atoms with Crippen LogP contribution >= 0.6 is 11.6 Å². The summed E-state index contributed by atoms with van der Waals surface area (Å²) < 4.78 is 5.47. The van der Waals surface area contributed by atoms with Crippen LogP contribution in [0.25, 0.3) is 22.7 Å². The molecule has 32 heavy (non-hydrogen) atoms. The van der Waals surface area contributed by atoms with Crippen LogP contribution in [0.1, 0.15) is 23.9 Å². The number of para-hydroxylation sites is 2. The average Bonchev–Trinajstić information content (AvgIpc) is 3.24. The highest BCUT2D eigenvalue weighted by Gasteiger charge is 2.18. The zero-order chi connectivity index (χ0) is 22.5. The molecule has 162 valence electrons. The van der Waals surface area contributed by atoms with Gasteiger partial charge in [0, 0.05) is 6.54 Å². The number of phenolic OH excluding ortho intramolecular Hbond substituents is 1. The largest absolute Gasteiger partial charge is 0.503 e. The number of halogens is 1. The number of hydrogen-bond donors (Lipinski definition) is 3. The number of amides is 1. The van der Waals surface area contributed by atoms with E-state index in [9.17, 15) is 9.90 Å². The second kappa shape index (κ2) is 9.58. The van der Waals surface area contributed by atoms with Gasteiger partial charge in [0.1, 0.15) is 5.82 Å². The van der Waals surface area contributed by atoms with Gasteiger partial charge in [-0.3, -0.25) is 4.79 Å². The molecule has 0 saturated heterocycles. The molecular formula is C25H22ClN3O3. The van der Waals surface area contributed by atoms with E-state index in [0.29, 0.717) is 30.1 Å². The topological polar surface area (TPSA) is 87.2 Å². The van der Waals surface area contributed by atoms with E-state index >= 15 is 0 Å². The Labute approximate surface area is 190 Å². The fourth-order valence-corrected chi connectivity index (χ4v) is 3.52. The lowest BCUT2D eigenvalue weighted by molar-refractivity contribution is -0.115. The quantitative estimate of drug-likeness (QED) is 0.341. The Hall–Kier alpha value is -3.77. The summed E-state index contributed by atoms with van der Waals surface area (Å²) in [6.07, 6.45) is 1.67. The fourth-order valence-electron chi connectivity index (χ4n) is 3.30. The van der Waals surface area contributed by atoms with E-state index in [1.807, 2.05) is 61.5 Å². The van der Waals surface area contributed by atoms with Crippen molar-refractivity contribution >= 4 is 40.2 Å². The highest BCUT2D eigenvalue weighted by Crippen LogP contribution is 2.36. The van der Waals surface area contributed by atoms with E-state index in [4.69, 9.17) is 16.3 Å². The van der Waals surface area contributed by atoms with Crippen LogP contribution in [-0.2, 0) is 11.3 Å².